The van der Waals surface area contributed by atoms with Gasteiger partial charge in [0.25, 0.3) is 5.91 Å². The summed E-state index contributed by atoms with van der Waals surface area (Å²) >= 11 is 0. The summed E-state index contributed by atoms with van der Waals surface area (Å²) in [4.78, 5) is 24.5. The molecule has 1 saturated heterocycles. The van der Waals surface area contributed by atoms with E-state index in [1.165, 1.54) is 0 Å². The Hall–Kier alpha value is -2.28. The van der Waals surface area contributed by atoms with Crippen LogP contribution >= 0.6 is 0 Å². The van der Waals surface area contributed by atoms with Crippen molar-refractivity contribution in [2.75, 3.05) is 13.2 Å². The number of rotatable bonds is 3. The molecule has 0 bridgehead atoms. The van der Waals surface area contributed by atoms with Gasteiger partial charge in [0.15, 0.2) is 0 Å². The van der Waals surface area contributed by atoms with Crippen molar-refractivity contribution in [3.8, 4) is 5.82 Å². The molecule has 7 heteroatoms. The Balaban J connectivity index is 1.44. The maximum absolute atomic E-state index is 12.2. The SMILES string of the molecule is O=C(NC1CC2(COC2)C1)c1nccc(-n2ccnc2)n1. The molecule has 3 heterocycles. The van der Waals surface area contributed by atoms with Gasteiger partial charge in [-0.3, -0.25) is 9.36 Å². The quantitative estimate of drug-likeness (QED) is 0.891. The molecule has 1 aliphatic carbocycles. The van der Waals surface area contributed by atoms with Crippen LogP contribution in [0.5, 0.6) is 0 Å². The smallest absolute Gasteiger partial charge is 0.289 e. The molecule has 1 amide bonds. The number of carbonyl (C=O) groups excluding carboxylic acids is 1. The van der Waals surface area contributed by atoms with Gasteiger partial charge < -0.3 is 10.1 Å². The lowest BCUT2D eigenvalue weighted by Gasteiger charge is -2.53. The standard InChI is InChI=1S/C14H15N5O2/c20-13(17-10-5-14(6-10)7-21-8-14)12-16-2-1-11(18-12)19-4-3-15-9-19/h1-4,9-10H,5-8H2,(H,17,20). The van der Waals surface area contributed by atoms with Gasteiger partial charge in [-0.25, -0.2) is 15.0 Å². The minimum Gasteiger partial charge on any atom is -0.380 e. The molecule has 108 valence electrons. The van der Waals surface area contributed by atoms with E-state index in [2.05, 4.69) is 20.3 Å². The van der Waals surface area contributed by atoms with Gasteiger partial charge in [0, 0.05) is 30.0 Å². The van der Waals surface area contributed by atoms with Crippen LogP contribution in [0.2, 0.25) is 0 Å². The zero-order chi connectivity index (χ0) is 14.3. The topological polar surface area (TPSA) is 81.9 Å². The van der Waals surface area contributed by atoms with Crippen molar-refractivity contribution >= 4 is 5.91 Å². The van der Waals surface area contributed by atoms with Crippen molar-refractivity contribution in [3.63, 3.8) is 0 Å². The first kappa shape index (κ1) is 12.5. The molecule has 0 radical (unpaired) electrons. The number of aromatic nitrogens is 4. The molecule has 21 heavy (non-hydrogen) atoms. The van der Waals surface area contributed by atoms with Crippen LogP contribution < -0.4 is 5.32 Å². The number of amides is 1. The first-order valence-electron chi connectivity index (χ1n) is 6.94. The Morgan fingerprint density at radius 2 is 2.24 bits per heavy atom. The molecule has 1 spiro atoms. The first-order chi connectivity index (χ1) is 10.2. The summed E-state index contributed by atoms with van der Waals surface area (Å²) in [7, 11) is 0. The highest BCUT2D eigenvalue weighted by Crippen LogP contribution is 2.46. The molecule has 7 nitrogen and oxygen atoms in total. The number of hydrogen-bond acceptors (Lipinski definition) is 5. The molecule has 2 aliphatic rings. The van der Waals surface area contributed by atoms with Crippen LogP contribution in [-0.4, -0.2) is 44.7 Å². The van der Waals surface area contributed by atoms with Crippen molar-refractivity contribution in [2.24, 2.45) is 5.41 Å². The summed E-state index contributed by atoms with van der Waals surface area (Å²) in [5, 5.41) is 2.98. The summed E-state index contributed by atoms with van der Waals surface area (Å²) in [5.74, 6) is 0.592. The van der Waals surface area contributed by atoms with Gasteiger partial charge in [-0.1, -0.05) is 0 Å². The molecule has 0 atom stereocenters. The fraction of sp³-hybridized carbons (Fsp3) is 0.429. The summed E-state index contributed by atoms with van der Waals surface area (Å²) in [5.41, 5.74) is 0.331. The third-order valence-electron chi connectivity index (χ3n) is 4.12. The van der Waals surface area contributed by atoms with E-state index >= 15 is 0 Å². The number of imidazole rings is 1. The second kappa shape index (κ2) is 4.63. The number of hydrogen-bond donors (Lipinski definition) is 1. The molecule has 1 N–H and O–H groups in total. The molecular formula is C14H15N5O2. The van der Waals surface area contributed by atoms with Gasteiger partial charge in [0.1, 0.15) is 12.1 Å². The van der Waals surface area contributed by atoms with Crippen LogP contribution in [0, 0.1) is 5.41 Å². The number of nitrogens with one attached hydrogen (secondary N) is 1. The number of carbonyl (C=O) groups is 1. The predicted octanol–water partition coefficient (Wildman–Crippen LogP) is 0.571. The summed E-state index contributed by atoms with van der Waals surface area (Å²) < 4.78 is 6.97. The highest BCUT2D eigenvalue weighted by atomic mass is 16.5. The second-order valence-electron chi connectivity index (χ2n) is 5.78. The van der Waals surface area contributed by atoms with E-state index < -0.39 is 0 Å². The Labute approximate surface area is 121 Å². The Morgan fingerprint density at radius 1 is 1.38 bits per heavy atom. The molecular weight excluding hydrogens is 270 g/mol. The average Bonchev–Trinajstić information content (AvgIpc) is 2.94. The van der Waals surface area contributed by atoms with Crippen molar-refractivity contribution in [3.05, 3.63) is 36.8 Å². The van der Waals surface area contributed by atoms with Crippen molar-refractivity contribution in [1.29, 1.82) is 0 Å². The van der Waals surface area contributed by atoms with E-state index in [4.69, 9.17) is 4.74 Å². The lowest BCUT2D eigenvalue weighted by Crippen LogP contribution is -2.59. The monoisotopic (exact) mass is 285 g/mol. The molecule has 2 aromatic rings. The maximum atomic E-state index is 12.2. The predicted molar refractivity (Wildman–Crippen MR) is 72.9 cm³/mol. The van der Waals surface area contributed by atoms with Crippen molar-refractivity contribution < 1.29 is 9.53 Å². The number of nitrogens with zero attached hydrogens (tertiary/aromatic N) is 4. The molecule has 4 rings (SSSR count). The lowest BCUT2D eigenvalue weighted by molar-refractivity contribution is -0.165. The van der Waals surface area contributed by atoms with Gasteiger partial charge in [-0.15, -0.1) is 0 Å². The highest BCUT2D eigenvalue weighted by molar-refractivity contribution is 5.90. The normalized spacial score (nSPS) is 19.8. The fourth-order valence-corrected chi connectivity index (χ4v) is 2.96. The largest absolute Gasteiger partial charge is 0.380 e. The van der Waals surface area contributed by atoms with Crippen molar-refractivity contribution in [2.45, 2.75) is 18.9 Å². The third-order valence-corrected chi connectivity index (χ3v) is 4.12. The van der Waals surface area contributed by atoms with Gasteiger partial charge in [-0.05, 0) is 18.9 Å². The van der Waals surface area contributed by atoms with Crippen LogP contribution in [0.1, 0.15) is 23.5 Å². The fourth-order valence-electron chi connectivity index (χ4n) is 2.96. The molecule has 2 aromatic heterocycles. The number of ether oxygens (including phenoxy) is 1. The summed E-state index contributed by atoms with van der Waals surface area (Å²) in [6.45, 7) is 1.65. The average molecular weight is 285 g/mol. The lowest BCUT2D eigenvalue weighted by atomic mass is 9.64. The van der Waals surface area contributed by atoms with Crippen LogP contribution in [-0.2, 0) is 4.74 Å². The van der Waals surface area contributed by atoms with Gasteiger partial charge >= 0.3 is 0 Å². The third kappa shape index (κ3) is 2.19. The zero-order valence-corrected chi connectivity index (χ0v) is 11.4. The molecule has 1 aliphatic heterocycles. The van der Waals surface area contributed by atoms with Crippen LogP contribution in [0.25, 0.3) is 5.82 Å². The van der Waals surface area contributed by atoms with Gasteiger partial charge in [0.05, 0.1) is 13.2 Å². The zero-order valence-electron chi connectivity index (χ0n) is 11.4. The Morgan fingerprint density at radius 3 is 2.90 bits per heavy atom. The maximum Gasteiger partial charge on any atom is 0.289 e. The Bertz CT molecular complexity index is 658. The first-order valence-corrected chi connectivity index (χ1v) is 6.94. The van der Waals surface area contributed by atoms with E-state index in [1.54, 1.807) is 35.6 Å². The minimum absolute atomic E-state index is 0.187. The molecule has 1 saturated carbocycles. The van der Waals surface area contributed by atoms with Crippen LogP contribution in [0.4, 0.5) is 0 Å². The Kier molecular flexibility index (Phi) is 2.75. The van der Waals surface area contributed by atoms with Crippen LogP contribution in [0.15, 0.2) is 31.0 Å². The van der Waals surface area contributed by atoms with E-state index in [0.29, 0.717) is 11.2 Å². The van der Waals surface area contributed by atoms with Gasteiger partial charge in [0.2, 0.25) is 5.82 Å². The molecule has 2 fully saturated rings. The van der Waals surface area contributed by atoms with E-state index in [0.717, 1.165) is 26.1 Å². The van der Waals surface area contributed by atoms with Crippen LogP contribution in [0.3, 0.4) is 0 Å². The molecule has 0 aromatic carbocycles. The highest BCUT2D eigenvalue weighted by Gasteiger charge is 2.50. The minimum atomic E-state index is -0.225. The van der Waals surface area contributed by atoms with E-state index in [1.807, 2.05) is 0 Å². The van der Waals surface area contributed by atoms with E-state index in [9.17, 15) is 4.79 Å². The summed E-state index contributed by atoms with van der Waals surface area (Å²) in [6.07, 6.45) is 8.63. The van der Waals surface area contributed by atoms with Crippen molar-refractivity contribution in [1.82, 2.24) is 24.8 Å². The molecule has 0 unspecified atom stereocenters. The van der Waals surface area contributed by atoms with Gasteiger partial charge in [-0.2, -0.15) is 0 Å². The van der Waals surface area contributed by atoms with E-state index in [-0.39, 0.29) is 17.8 Å². The summed E-state index contributed by atoms with van der Waals surface area (Å²) in [6, 6.07) is 1.95. The second-order valence-corrected chi connectivity index (χ2v) is 5.78.